The Hall–Kier alpha value is -4.27. The van der Waals surface area contributed by atoms with Gasteiger partial charge in [0.25, 0.3) is 5.91 Å². The number of piperidine rings is 1. The van der Waals surface area contributed by atoms with E-state index < -0.39 is 5.82 Å². The van der Waals surface area contributed by atoms with Gasteiger partial charge in [-0.05, 0) is 49.2 Å². The molecule has 1 saturated heterocycles. The van der Waals surface area contributed by atoms with Crippen molar-refractivity contribution in [2.24, 2.45) is 5.92 Å². The average Bonchev–Trinajstić information content (AvgIpc) is 3.55. The number of anilines is 1. The normalized spacial score (nSPS) is 14.2. The molecule has 4 aromatic rings. The van der Waals surface area contributed by atoms with Crippen molar-refractivity contribution in [1.29, 1.82) is 0 Å². The molecular weight excluding hydrogens is 435 g/mol. The first-order valence-corrected chi connectivity index (χ1v) is 11.1. The fraction of sp³-hybridized carbons (Fsp3) is 0.200. The summed E-state index contributed by atoms with van der Waals surface area (Å²) in [5.74, 6) is 0.0629. The summed E-state index contributed by atoms with van der Waals surface area (Å²) in [5.41, 5.74) is 0.631. The van der Waals surface area contributed by atoms with Crippen LogP contribution in [0.3, 0.4) is 0 Å². The zero-order valence-electron chi connectivity index (χ0n) is 18.3. The van der Waals surface area contributed by atoms with Crippen molar-refractivity contribution in [3.8, 4) is 11.5 Å². The Morgan fingerprint density at radius 2 is 1.71 bits per heavy atom. The molecule has 0 saturated carbocycles. The minimum Gasteiger partial charge on any atom is -0.338 e. The van der Waals surface area contributed by atoms with Crippen molar-refractivity contribution in [3.05, 3.63) is 90.8 Å². The van der Waals surface area contributed by atoms with Crippen LogP contribution in [0.2, 0.25) is 0 Å². The van der Waals surface area contributed by atoms with Crippen LogP contribution in [0.5, 0.6) is 0 Å². The Kier molecular flexibility index (Phi) is 5.90. The predicted molar refractivity (Wildman–Crippen MR) is 124 cm³/mol. The van der Waals surface area contributed by atoms with Crippen LogP contribution in [0, 0.1) is 11.7 Å². The van der Waals surface area contributed by atoms with E-state index >= 15 is 0 Å². The summed E-state index contributed by atoms with van der Waals surface area (Å²) < 4.78 is 17.7. The number of hydrogen-bond acceptors (Lipinski definition) is 4. The Bertz CT molecular complexity index is 1290. The minimum atomic E-state index is -0.433. The van der Waals surface area contributed by atoms with E-state index in [1.807, 2.05) is 18.2 Å². The maximum Gasteiger partial charge on any atom is 0.259 e. The van der Waals surface area contributed by atoms with Gasteiger partial charge in [0.05, 0.1) is 6.20 Å². The van der Waals surface area contributed by atoms with E-state index in [0.717, 1.165) is 0 Å². The molecule has 5 rings (SSSR count). The van der Waals surface area contributed by atoms with Crippen molar-refractivity contribution < 1.29 is 14.0 Å². The molecule has 1 aliphatic heterocycles. The first-order chi connectivity index (χ1) is 16.6. The van der Waals surface area contributed by atoms with Crippen LogP contribution in [0.4, 0.5) is 10.2 Å². The number of para-hydroxylation sites is 1. The van der Waals surface area contributed by atoms with E-state index in [2.05, 4.69) is 15.4 Å². The summed E-state index contributed by atoms with van der Waals surface area (Å²) in [7, 11) is 0. The number of nitrogens with one attached hydrogen (secondary N) is 1. The second-order valence-corrected chi connectivity index (χ2v) is 8.11. The van der Waals surface area contributed by atoms with Gasteiger partial charge in [-0.25, -0.2) is 14.1 Å². The third-order valence-electron chi connectivity index (χ3n) is 5.97. The van der Waals surface area contributed by atoms with Crippen molar-refractivity contribution in [2.75, 3.05) is 18.4 Å². The van der Waals surface area contributed by atoms with Crippen LogP contribution in [-0.4, -0.2) is 49.1 Å². The summed E-state index contributed by atoms with van der Waals surface area (Å²) >= 11 is 0. The Morgan fingerprint density at radius 3 is 2.41 bits per heavy atom. The zero-order valence-corrected chi connectivity index (χ0v) is 18.3. The molecule has 34 heavy (non-hydrogen) atoms. The molecule has 0 spiro atoms. The van der Waals surface area contributed by atoms with Crippen LogP contribution >= 0.6 is 0 Å². The number of carbonyl (C=O) groups excluding carboxylic acids is 2. The molecule has 0 radical (unpaired) electrons. The molecular formula is C25H23FN6O2. The first kappa shape index (κ1) is 21.6. The Balaban J connectivity index is 1.35. The summed E-state index contributed by atoms with van der Waals surface area (Å²) in [6.45, 7) is 0.879. The molecule has 0 atom stereocenters. The molecule has 0 aliphatic carbocycles. The number of benzene rings is 1. The quantitative estimate of drug-likeness (QED) is 0.494. The van der Waals surface area contributed by atoms with Crippen LogP contribution in [0.1, 0.15) is 23.2 Å². The van der Waals surface area contributed by atoms with Crippen LogP contribution < -0.4 is 5.32 Å². The van der Waals surface area contributed by atoms with Crippen molar-refractivity contribution >= 4 is 17.6 Å². The fourth-order valence-electron chi connectivity index (χ4n) is 4.20. The molecule has 8 nitrogen and oxygen atoms in total. The lowest BCUT2D eigenvalue weighted by atomic mass is 9.95. The van der Waals surface area contributed by atoms with Gasteiger partial charge in [-0.15, -0.1) is 0 Å². The summed E-state index contributed by atoms with van der Waals surface area (Å²) in [5, 5.41) is 7.18. The minimum absolute atomic E-state index is 0.0915. The highest BCUT2D eigenvalue weighted by Crippen LogP contribution is 2.25. The summed E-state index contributed by atoms with van der Waals surface area (Å²) in [6.07, 6.45) is 7.78. The van der Waals surface area contributed by atoms with E-state index in [9.17, 15) is 14.0 Å². The monoisotopic (exact) mass is 458 g/mol. The van der Waals surface area contributed by atoms with E-state index in [4.69, 9.17) is 0 Å². The van der Waals surface area contributed by atoms with Gasteiger partial charge in [0, 0.05) is 37.6 Å². The predicted octanol–water partition coefficient (Wildman–Crippen LogP) is 3.69. The molecule has 4 heterocycles. The smallest absolute Gasteiger partial charge is 0.259 e. The largest absolute Gasteiger partial charge is 0.338 e. The highest BCUT2D eigenvalue weighted by molar-refractivity contribution is 5.98. The van der Waals surface area contributed by atoms with E-state index in [0.29, 0.717) is 43.1 Å². The summed E-state index contributed by atoms with van der Waals surface area (Å²) in [4.78, 5) is 31.9. The molecule has 1 N–H and O–H groups in total. The number of halogens is 1. The van der Waals surface area contributed by atoms with Gasteiger partial charge >= 0.3 is 0 Å². The van der Waals surface area contributed by atoms with Crippen molar-refractivity contribution in [1.82, 2.24) is 24.2 Å². The van der Waals surface area contributed by atoms with Crippen molar-refractivity contribution in [2.45, 2.75) is 12.8 Å². The lowest BCUT2D eigenvalue weighted by Crippen LogP contribution is -2.41. The number of rotatable bonds is 5. The van der Waals surface area contributed by atoms with Crippen LogP contribution in [0.15, 0.2) is 79.4 Å². The van der Waals surface area contributed by atoms with E-state index in [-0.39, 0.29) is 23.4 Å². The van der Waals surface area contributed by atoms with Gasteiger partial charge in [0.2, 0.25) is 5.91 Å². The fourth-order valence-corrected chi connectivity index (χ4v) is 4.20. The number of carbonyl (C=O) groups is 2. The molecule has 2 amide bonds. The van der Waals surface area contributed by atoms with Gasteiger partial charge in [-0.2, -0.15) is 5.10 Å². The number of pyridine rings is 1. The third kappa shape index (κ3) is 4.19. The van der Waals surface area contributed by atoms with E-state index in [1.54, 1.807) is 58.4 Å². The van der Waals surface area contributed by atoms with Crippen LogP contribution in [0.25, 0.3) is 11.5 Å². The zero-order chi connectivity index (χ0) is 23.5. The topological polar surface area (TPSA) is 85.1 Å². The third-order valence-corrected chi connectivity index (χ3v) is 5.97. The molecule has 172 valence electrons. The number of aromatic nitrogens is 4. The maximum absolute atomic E-state index is 14.5. The van der Waals surface area contributed by atoms with Crippen LogP contribution in [-0.2, 0) is 4.79 Å². The summed E-state index contributed by atoms with van der Waals surface area (Å²) in [6, 6.07) is 15.3. The maximum atomic E-state index is 14.5. The molecule has 1 aliphatic rings. The molecule has 0 bridgehead atoms. The van der Waals surface area contributed by atoms with Gasteiger partial charge in [-0.1, -0.05) is 18.2 Å². The van der Waals surface area contributed by atoms with Gasteiger partial charge in [0.1, 0.15) is 22.9 Å². The molecule has 1 aromatic carbocycles. The van der Waals surface area contributed by atoms with Gasteiger partial charge in [0.15, 0.2) is 5.82 Å². The molecule has 0 unspecified atom stereocenters. The second kappa shape index (κ2) is 9.30. The SMILES string of the molecule is O=C(Nc1ccccn1)C1CCN(C(=O)c2cnn(-c3ccccc3F)c2-n2cccc2)CC1. The second-order valence-electron chi connectivity index (χ2n) is 8.11. The number of hydrogen-bond donors (Lipinski definition) is 1. The van der Waals surface area contributed by atoms with Crippen molar-refractivity contribution in [3.63, 3.8) is 0 Å². The highest BCUT2D eigenvalue weighted by Gasteiger charge is 2.31. The van der Waals surface area contributed by atoms with E-state index in [1.165, 1.54) is 16.9 Å². The average molecular weight is 458 g/mol. The Morgan fingerprint density at radius 1 is 0.971 bits per heavy atom. The van der Waals surface area contributed by atoms with Gasteiger partial charge < -0.3 is 14.8 Å². The standard InChI is InChI=1S/C25H23FN6O2/c26-20-7-1-2-8-21(20)32-24(30-13-5-6-14-30)19(17-28-32)25(34)31-15-10-18(11-16-31)23(33)29-22-9-3-4-12-27-22/h1-9,12-14,17-18H,10-11,15-16H2,(H,27,29,33). The Labute approximate surface area is 195 Å². The molecule has 3 aromatic heterocycles. The highest BCUT2D eigenvalue weighted by atomic mass is 19.1. The molecule has 1 fully saturated rings. The number of amides is 2. The number of nitrogens with zero attached hydrogens (tertiary/aromatic N) is 5. The number of likely N-dealkylation sites (tertiary alicyclic amines) is 1. The molecule has 9 heteroatoms. The first-order valence-electron chi connectivity index (χ1n) is 11.1. The lowest BCUT2D eigenvalue weighted by molar-refractivity contribution is -0.121. The van der Waals surface area contributed by atoms with Gasteiger partial charge in [-0.3, -0.25) is 9.59 Å². The lowest BCUT2D eigenvalue weighted by Gasteiger charge is -2.31.